The van der Waals surface area contributed by atoms with Crippen LogP contribution in [0.2, 0.25) is 0 Å². The van der Waals surface area contributed by atoms with Crippen LogP contribution in [0.25, 0.3) is 16.8 Å². The number of aromatic nitrogens is 2. The van der Waals surface area contributed by atoms with Crippen molar-refractivity contribution in [2.45, 2.75) is 20.4 Å². The maximum atomic E-state index is 10.7. The highest BCUT2D eigenvalue weighted by atomic mass is 16.6. The number of hydrogen-bond donors (Lipinski definition) is 0. The second-order valence-electron chi connectivity index (χ2n) is 7.18. The molecule has 0 unspecified atom stereocenters. The Bertz CT molecular complexity index is 1230. The molecule has 0 bridgehead atoms. The normalized spacial score (nSPS) is 11.2. The number of nitro groups is 1. The van der Waals surface area contributed by atoms with Gasteiger partial charge in [0.15, 0.2) is 5.82 Å². The van der Waals surface area contributed by atoms with E-state index >= 15 is 0 Å². The van der Waals surface area contributed by atoms with E-state index < -0.39 is 4.92 Å². The zero-order valence-corrected chi connectivity index (χ0v) is 17.3. The lowest BCUT2D eigenvalue weighted by molar-refractivity contribution is -0.385. The topological polar surface area (TPSA) is 85.7 Å². The predicted octanol–water partition coefficient (Wildman–Crippen LogP) is 6.35. The van der Waals surface area contributed by atoms with Gasteiger partial charge in [0.2, 0.25) is 0 Å². The minimum absolute atomic E-state index is 0.0687. The molecule has 154 valence electrons. The van der Waals surface area contributed by atoms with Gasteiger partial charge in [0.1, 0.15) is 6.20 Å². The Morgan fingerprint density at radius 3 is 2.32 bits per heavy atom. The average Bonchev–Trinajstić information content (AvgIpc) is 3.08. The van der Waals surface area contributed by atoms with Gasteiger partial charge in [0.25, 0.3) is 5.69 Å². The van der Waals surface area contributed by atoms with Gasteiger partial charge in [-0.15, -0.1) is 5.11 Å². The fourth-order valence-electron chi connectivity index (χ4n) is 3.55. The smallest absolute Gasteiger partial charge is 0.287 e. The van der Waals surface area contributed by atoms with E-state index in [0.717, 1.165) is 22.6 Å². The SMILES string of the molecule is Cc1cc(CN=Nc2ccc([N+](=O)[O-])cn2)c(C)n1-c1ccc(-c2ccccc2)cc1. The van der Waals surface area contributed by atoms with Crippen molar-refractivity contribution in [2.75, 3.05) is 0 Å². The van der Waals surface area contributed by atoms with E-state index in [-0.39, 0.29) is 5.69 Å². The van der Waals surface area contributed by atoms with Crippen LogP contribution in [0.1, 0.15) is 17.0 Å². The van der Waals surface area contributed by atoms with Gasteiger partial charge < -0.3 is 4.57 Å². The van der Waals surface area contributed by atoms with Gasteiger partial charge >= 0.3 is 0 Å². The molecule has 0 spiro atoms. The first kappa shape index (κ1) is 20.2. The Hall–Kier alpha value is -4.13. The third kappa shape index (κ3) is 4.40. The Balaban J connectivity index is 1.51. The van der Waals surface area contributed by atoms with Crippen molar-refractivity contribution in [3.63, 3.8) is 0 Å². The van der Waals surface area contributed by atoms with Gasteiger partial charge in [-0.25, -0.2) is 4.98 Å². The van der Waals surface area contributed by atoms with Crippen molar-refractivity contribution < 1.29 is 4.92 Å². The molecule has 7 nitrogen and oxygen atoms in total. The van der Waals surface area contributed by atoms with Gasteiger partial charge in [-0.05, 0) is 54.8 Å². The van der Waals surface area contributed by atoms with Crippen LogP contribution < -0.4 is 0 Å². The summed E-state index contributed by atoms with van der Waals surface area (Å²) in [5.74, 6) is 0.343. The second kappa shape index (κ2) is 8.71. The van der Waals surface area contributed by atoms with Crippen LogP contribution >= 0.6 is 0 Å². The van der Waals surface area contributed by atoms with Crippen molar-refractivity contribution in [1.29, 1.82) is 0 Å². The van der Waals surface area contributed by atoms with Crippen molar-refractivity contribution in [3.8, 4) is 16.8 Å². The molecule has 0 saturated carbocycles. The van der Waals surface area contributed by atoms with Crippen LogP contribution in [0.15, 0.2) is 89.2 Å². The highest BCUT2D eigenvalue weighted by Crippen LogP contribution is 2.25. The summed E-state index contributed by atoms with van der Waals surface area (Å²) in [6.45, 7) is 4.53. The summed E-state index contributed by atoms with van der Waals surface area (Å²) in [6, 6.07) is 23.7. The van der Waals surface area contributed by atoms with Gasteiger partial charge in [0, 0.05) is 23.1 Å². The van der Waals surface area contributed by atoms with Gasteiger partial charge in [-0.1, -0.05) is 42.5 Å². The Kier molecular flexibility index (Phi) is 5.66. The number of aryl methyl sites for hydroxylation is 1. The molecule has 0 aliphatic carbocycles. The highest BCUT2D eigenvalue weighted by Gasteiger charge is 2.11. The standard InChI is InChI=1S/C24H21N5O2/c1-17-14-21(15-26-27-24-13-12-23(16-25-24)29(30)31)18(2)28(17)22-10-8-20(9-11-22)19-6-4-3-5-7-19/h3-14,16H,15H2,1-2H3. The molecular weight excluding hydrogens is 390 g/mol. The highest BCUT2D eigenvalue weighted by molar-refractivity contribution is 5.64. The fraction of sp³-hybridized carbons (Fsp3) is 0.125. The zero-order valence-electron chi connectivity index (χ0n) is 17.3. The summed E-state index contributed by atoms with van der Waals surface area (Å²) < 4.78 is 2.20. The molecule has 0 aliphatic heterocycles. The lowest BCUT2D eigenvalue weighted by Gasteiger charge is -2.11. The van der Waals surface area contributed by atoms with E-state index in [1.807, 2.05) is 18.2 Å². The molecule has 4 aromatic rings. The first-order chi connectivity index (χ1) is 15.0. The summed E-state index contributed by atoms with van der Waals surface area (Å²) >= 11 is 0. The minimum Gasteiger partial charge on any atom is -0.318 e. The number of nitrogens with zero attached hydrogens (tertiary/aromatic N) is 5. The first-order valence-corrected chi connectivity index (χ1v) is 9.84. The van der Waals surface area contributed by atoms with E-state index in [0.29, 0.717) is 12.4 Å². The van der Waals surface area contributed by atoms with Crippen molar-refractivity contribution >= 4 is 11.5 Å². The third-order valence-corrected chi connectivity index (χ3v) is 5.13. The molecule has 2 aromatic heterocycles. The van der Waals surface area contributed by atoms with Crippen molar-refractivity contribution in [2.24, 2.45) is 10.2 Å². The maximum absolute atomic E-state index is 10.7. The third-order valence-electron chi connectivity index (χ3n) is 5.13. The lowest BCUT2D eigenvalue weighted by atomic mass is 10.1. The zero-order chi connectivity index (χ0) is 21.8. The second-order valence-corrected chi connectivity index (χ2v) is 7.18. The quantitative estimate of drug-likeness (QED) is 0.210. The maximum Gasteiger partial charge on any atom is 0.287 e. The van der Waals surface area contributed by atoms with Crippen LogP contribution in [0, 0.1) is 24.0 Å². The first-order valence-electron chi connectivity index (χ1n) is 9.84. The summed E-state index contributed by atoms with van der Waals surface area (Å²) in [5.41, 5.74) is 6.67. The Labute approximate surface area is 179 Å². The molecule has 0 amide bonds. The lowest BCUT2D eigenvalue weighted by Crippen LogP contribution is -1.99. The van der Waals surface area contributed by atoms with Gasteiger partial charge in [-0.2, -0.15) is 5.11 Å². The van der Waals surface area contributed by atoms with E-state index in [1.54, 1.807) is 0 Å². The number of hydrogen-bond acceptors (Lipinski definition) is 5. The Morgan fingerprint density at radius 1 is 0.968 bits per heavy atom. The van der Waals surface area contributed by atoms with E-state index in [9.17, 15) is 10.1 Å². The fourth-order valence-corrected chi connectivity index (χ4v) is 3.55. The van der Waals surface area contributed by atoms with Crippen molar-refractivity contribution in [3.05, 3.63) is 106 Å². The minimum atomic E-state index is -0.491. The monoisotopic (exact) mass is 411 g/mol. The summed E-state index contributed by atoms with van der Waals surface area (Å²) in [6.07, 6.45) is 1.18. The van der Waals surface area contributed by atoms with E-state index in [1.165, 1.54) is 29.5 Å². The van der Waals surface area contributed by atoms with Gasteiger partial charge in [-0.3, -0.25) is 10.1 Å². The Morgan fingerprint density at radius 2 is 1.68 bits per heavy atom. The van der Waals surface area contributed by atoms with E-state index in [2.05, 4.69) is 76.1 Å². The molecule has 0 fully saturated rings. The number of azo groups is 1. The molecule has 0 radical (unpaired) electrons. The van der Waals surface area contributed by atoms with Crippen LogP contribution in [-0.4, -0.2) is 14.5 Å². The molecule has 0 atom stereocenters. The summed E-state index contributed by atoms with van der Waals surface area (Å²) in [5, 5.41) is 19.0. The molecule has 31 heavy (non-hydrogen) atoms. The number of benzene rings is 2. The van der Waals surface area contributed by atoms with Gasteiger partial charge in [0.05, 0.1) is 11.5 Å². The number of pyridine rings is 1. The molecule has 0 aliphatic rings. The predicted molar refractivity (Wildman–Crippen MR) is 120 cm³/mol. The molecule has 4 rings (SSSR count). The molecule has 0 saturated heterocycles. The molecule has 2 heterocycles. The molecular formula is C24H21N5O2. The van der Waals surface area contributed by atoms with Crippen LogP contribution in [-0.2, 0) is 6.54 Å². The molecule has 0 N–H and O–H groups in total. The van der Waals surface area contributed by atoms with Crippen LogP contribution in [0.4, 0.5) is 11.5 Å². The average molecular weight is 411 g/mol. The van der Waals surface area contributed by atoms with E-state index in [4.69, 9.17) is 0 Å². The van der Waals surface area contributed by atoms with Crippen LogP contribution in [0.5, 0.6) is 0 Å². The summed E-state index contributed by atoms with van der Waals surface area (Å²) in [7, 11) is 0. The summed E-state index contributed by atoms with van der Waals surface area (Å²) in [4.78, 5) is 14.2. The molecule has 7 heteroatoms. The number of rotatable bonds is 6. The van der Waals surface area contributed by atoms with Crippen molar-refractivity contribution in [1.82, 2.24) is 9.55 Å². The molecule has 2 aromatic carbocycles. The largest absolute Gasteiger partial charge is 0.318 e. The van der Waals surface area contributed by atoms with Crippen LogP contribution in [0.3, 0.4) is 0 Å².